The van der Waals surface area contributed by atoms with E-state index in [1.807, 2.05) is 30.0 Å². The number of benzene rings is 1. The molecule has 0 aromatic heterocycles. The van der Waals surface area contributed by atoms with Gasteiger partial charge in [-0.15, -0.1) is 0 Å². The summed E-state index contributed by atoms with van der Waals surface area (Å²) in [5.41, 5.74) is 0.709. The van der Waals surface area contributed by atoms with Crippen molar-refractivity contribution in [1.29, 1.82) is 0 Å². The molecular formula is C14H17Br2NO2. The van der Waals surface area contributed by atoms with E-state index in [-0.39, 0.29) is 12.0 Å². The first-order chi connectivity index (χ1) is 9.11. The summed E-state index contributed by atoms with van der Waals surface area (Å²) in [6.45, 7) is 4.20. The third-order valence-corrected chi connectivity index (χ3v) is 4.38. The number of carbonyl (C=O) groups excluding carboxylic acids is 1. The Morgan fingerprint density at radius 3 is 2.95 bits per heavy atom. The van der Waals surface area contributed by atoms with Crippen LogP contribution in [0.25, 0.3) is 0 Å². The molecule has 0 spiro atoms. The zero-order valence-electron chi connectivity index (χ0n) is 10.9. The molecule has 1 aromatic carbocycles. The fraction of sp³-hybridized carbons (Fsp3) is 0.500. The Hall–Kier alpha value is -0.390. The zero-order valence-corrected chi connectivity index (χ0v) is 14.0. The van der Waals surface area contributed by atoms with Crippen molar-refractivity contribution in [3.63, 3.8) is 0 Å². The third-order valence-electron chi connectivity index (χ3n) is 3.23. The lowest BCUT2D eigenvalue weighted by molar-refractivity contribution is 0.00721. The highest BCUT2D eigenvalue weighted by Crippen LogP contribution is 2.24. The maximum Gasteiger partial charge on any atom is 0.255 e. The molecule has 1 atom stereocenters. The number of piperidine rings is 1. The van der Waals surface area contributed by atoms with Crippen molar-refractivity contribution < 1.29 is 9.53 Å². The van der Waals surface area contributed by atoms with Crippen LogP contribution in [0, 0.1) is 0 Å². The van der Waals surface area contributed by atoms with Gasteiger partial charge in [0, 0.05) is 28.6 Å². The molecule has 1 aliphatic rings. The number of hydrogen-bond acceptors (Lipinski definition) is 2. The number of carbonyl (C=O) groups is 1. The SMILES string of the molecule is CCOC1CCCN(C(=O)c2ccc(Br)cc2Br)C1. The van der Waals surface area contributed by atoms with Crippen LogP contribution < -0.4 is 0 Å². The van der Waals surface area contributed by atoms with E-state index in [0.29, 0.717) is 18.7 Å². The number of nitrogens with zero attached hydrogens (tertiary/aromatic N) is 1. The second-order valence-corrected chi connectivity index (χ2v) is 6.36. The molecule has 19 heavy (non-hydrogen) atoms. The highest BCUT2D eigenvalue weighted by atomic mass is 79.9. The lowest BCUT2D eigenvalue weighted by Gasteiger charge is -2.32. The van der Waals surface area contributed by atoms with Gasteiger partial charge in [-0.1, -0.05) is 15.9 Å². The zero-order chi connectivity index (χ0) is 13.8. The molecule has 0 saturated carbocycles. The summed E-state index contributed by atoms with van der Waals surface area (Å²) in [7, 11) is 0. The average molecular weight is 391 g/mol. The third kappa shape index (κ3) is 3.80. The minimum atomic E-state index is 0.0729. The van der Waals surface area contributed by atoms with Crippen molar-refractivity contribution >= 4 is 37.8 Å². The average Bonchev–Trinajstić information content (AvgIpc) is 2.39. The number of rotatable bonds is 3. The van der Waals surface area contributed by atoms with Gasteiger partial charge in [-0.05, 0) is 53.9 Å². The molecule has 1 unspecified atom stereocenters. The van der Waals surface area contributed by atoms with Gasteiger partial charge in [-0.2, -0.15) is 0 Å². The smallest absolute Gasteiger partial charge is 0.255 e. The minimum Gasteiger partial charge on any atom is -0.377 e. The molecule has 1 aliphatic heterocycles. The van der Waals surface area contributed by atoms with E-state index in [9.17, 15) is 4.79 Å². The number of ether oxygens (including phenoxy) is 1. The van der Waals surface area contributed by atoms with Crippen LogP contribution in [-0.4, -0.2) is 36.6 Å². The van der Waals surface area contributed by atoms with Crippen LogP contribution in [0.15, 0.2) is 27.1 Å². The first-order valence-electron chi connectivity index (χ1n) is 6.47. The van der Waals surface area contributed by atoms with Crippen molar-refractivity contribution in [2.75, 3.05) is 19.7 Å². The molecule has 0 aliphatic carbocycles. The van der Waals surface area contributed by atoms with Crippen LogP contribution in [0.2, 0.25) is 0 Å². The van der Waals surface area contributed by atoms with E-state index < -0.39 is 0 Å². The predicted molar refractivity (Wildman–Crippen MR) is 82.4 cm³/mol. The van der Waals surface area contributed by atoms with Crippen LogP contribution in [0.4, 0.5) is 0 Å². The fourth-order valence-corrected chi connectivity index (χ4v) is 3.54. The maximum atomic E-state index is 12.5. The Bertz CT molecular complexity index is 463. The quantitative estimate of drug-likeness (QED) is 0.784. The van der Waals surface area contributed by atoms with E-state index in [2.05, 4.69) is 31.9 Å². The molecular weight excluding hydrogens is 374 g/mol. The van der Waals surface area contributed by atoms with E-state index in [4.69, 9.17) is 4.74 Å². The second kappa shape index (κ2) is 6.86. The molecule has 0 N–H and O–H groups in total. The Kier molecular flexibility index (Phi) is 5.42. The maximum absolute atomic E-state index is 12.5. The van der Waals surface area contributed by atoms with E-state index in [0.717, 1.165) is 28.3 Å². The van der Waals surface area contributed by atoms with Gasteiger partial charge in [0.1, 0.15) is 0 Å². The lowest BCUT2D eigenvalue weighted by Crippen LogP contribution is -2.43. The molecule has 0 radical (unpaired) electrons. The Labute approximate surface area is 130 Å². The van der Waals surface area contributed by atoms with E-state index in [1.54, 1.807) is 0 Å². The number of amides is 1. The fourth-order valence-electron chi connectivity index (χ4n) is 2.33. The predicted octanol–water partition coefficient (Wildman–Crippen LogP) is 3.85. The summed E-state index contributed by atoms with van der Waals surface area (Å²) in [6, 6.07) is 5.64. The first-order valence-corrected chi connectivity index (χ1v) is 8.06. The van der Waals surface area contributed by atoms with Crippen LogP contribution in [0.3, 0.4) is 0 Å². The normalized spacial score (nSPS) is 19.5. The van der Waals surface area contributed by atoms with Gasteiger partial charge < -0.3 is 9.64 Å². The van der Waals surface area contributed by atoms with Gasteiger partial charge in [0.15, 0.2) is 0 Å². The van der Waals surface area contributed by atoms with Gasteiger partial charge in [0.2, 0.25) is 0 Å². The molecule has 0 bridgehead atoms. The van der Waals surface area contributed by atoms with Gasteiger partial charge >= 0.3 is 0 Å². The molecule has 1 saturated heterocycles. The standard InChI is InChI=1S/C14H17Br2NO2/c1-2-19-11-4-3-7-17(9-11)14(18)12-6-5-10(15)8-13(12)16/h5-6,8,11H,2-4,7,9H2,1H3. The van der Waals surface area contributed by atoms with E-state index >= 15 is 0 Å². The van der Waals surface area contributed by atoms with Crippen LogP contribution in [0.5, 0.6) is 0 Å². The summed E-state index contributed by atoms with van der Waals surface area (Å²) < 4.78 is 7.42. The molecule has 1 amide bonds. The second-order valence-electron chi connectivity index (χ2n) is 4.59. The molecule has 3 nitrogen and oxygen atoms in total. The monoisotopic (exact) mass is 389 g/mol. The Balaban J connectivity index is 2.10. The summed E-state index contributed by atoms with van der Waals surface area (Å²) in [5.74, 6) is 0.0729. The Morgan fingerprint density at radius 2 is 2.26 bits per heavy atom. The number of likely N-dealkylation sites (tertiary alicyclic amines) is 1. The summed E-state index contributed by atoms with van der Waals surface area (Å²) in [5, 5.41) is 0. The Morgan fingerprint density at radius 1 is 1.47 bits per heavy atom. The minimum absolute atomic E-state index is 0.0729. The van der Waals surface area contributed by atoms with Gasteiger partial charge in [-0.25, -0.2) is 0 Å². The van der Waals surface area contributed by atoms with Crippen molar-refractivity contribution in [2.24, 2.45) is 0 Å². The lowest BCUT2D eigenvalue weighted by atomic mass is 10.1. The largest absolute Gasteiger partial charge is 0.377 e. The highest BCUT2D eigenvalue weighted by Gasteiger charge is 2.25. The molecule has 1 heterocycles. The van der Waals surface area contributed by atoms with Gasteiger partial charge in [0.05, 0.1) is 11.7 Å². The van der Waals surface area contributed by atoms with Crippen LogP contribution in [-0.2, 0) is 4.74 Å². The van der Waals surface area contributed by atoms with Crippen molar-refractivity contribution in [3.8, 4) is 0 Å². The molecule has 104 valence electrons. The summed E-state index contributed by atoms with van der Waals surface area (Å²) >= 11 is 6.85. The molecule has 1 aromatic rings. The first kappa shape index (κ1) is 15.0. The van der Waals surface area contributed by atoms with Crippen LogP contribution in [0.1, 0.15) is 30.1 Å². The van der Waals surface area contributed by atoms with Crippen molar-refractivity contribution in [1.82, 2.24) is 4.90 Å². The number of halogens is 2. The molecule has 2 rings (SSSR count). The van der Waals surface area contributed by atoms with Gasteiger partial charge in [0.25, 0.3) is 5.91 Å². The topological polar surface area (TPSA) is 29.5 Å². The van der Waals surface area contributed by atoms with Crippen molar-refractivity contribution in [3.05, 3.63) is 32.7 Å². The molecule has 1 fully saturated rings. The van der Waals surface area contributed by atoms with Gasteiger partial charge in [-0.3, -0.25) is 4.79 Å². The summed E-state index contributed by atoms with van der Waals surface area (Å²) in [6.07, 6.45) is 2.22. The molecule has 5 heteroatoms. The van der Waals surface area contributed by atoms with Crippen LogP contribution >= 0.6 is 31.9 Å². The van der Waals surface area contributed by atoms with E-state index in [1.165, 1.54) is 0 Å². The summed E-state index contributed by atoms with van der Waals surface area (Å²) in [4.78, 5) is 14.4. The highest BCUT2D eigenvalue weighted by molar-refractivity contribution is 9.11. The van der Waals surface area contributed by atoms with Crippen molar-refractivity contribution in [2.45, 2.75) is 25.9 Å². The number of hydrogen-bond donors (Lipinski definition) is 0.